The van der Waals surface area contributed by atoms with Crippen molar-refractivity contribution in [3.8, 4) is 0 Å². The number of nitrogens with one attached hydrogen (secondary N) is 1. The van der Waals surface area contributed by atoms with Gasteiger partial charge >= 0.3 is 6.18 Å². The molecule has 0 atom stereocenters. The van der Waals surface area contributed by atoms with Crippen molar-refractivity contribution in [2.24, 2.45) is 0 Å². The first-order valence-electron chi connectivity index (χ1n) is 5.46. The first-order valence-corrected chi connectivity index (χ1v) is 5.84. The molecule has 1 aromatic heterocycles. The van der Waals surface area contributed by atoms with Crippen LogP contribution in [-0.2, 0) is 6.18 Å². The van der Waals surface area contributed by atoms with Crippen molar-refractivity contribution in [1.82, 2.24) is 4.98 Å². The van der Waals surface area contributed by atoms with E-state index in [0.29, 0.717) is 5.69 Å². The van der Waals surface area contributed by atoms with Gasteiger partial charge < -0.3 is 5.32 Å². The predicted molar refractivity (Wildman–Crippen MR) is 69.1 cm³/mol. The second kappa shape index (κ2) is 5.50. The summed E-state index contributed by atoms with van der Waals surface area (Å²) in [7, 11) is 0. The summed E-state index contributed by atoms with van der Waals surface area (Å²) >= 11 is 5.24. The Hall–Kier alpha value is -2.08. The van der Waals surface area contributed by atoms with Gasteiger partial charge in [-0.2, -0.15) is 13.2 Å². The van der Waals surface area contributed by atoms with E-state index in [0.717, 1.165) is 12.1 Å². The average Bonchev–Trinajstić information content (AvgIpc) is 2.38. The lowest BCUT2D eigenvalue weighted by Gasteiger charge is -2.10. The predicted octanol–water partition coefficient (Wildman–Crippen LogP) is 4.22. The van der Waals surface area contributed by atoms with E-state index in [1.54, 1.807) is 0 Å². The molecule has 20 heavy (non-hydrogen) atoms. The van der Waals surface area contributed by atoms with E-state index in [4.69, 9.17) is 11.6 Å². The van der Waals surface area contributed by atoms with E-state index in [9.17, 15) is 18.0 Å². The number of aromatic nitrogens is 1. The molecule has 1 N–H and O–H groups in total. The van der Waals surface area contributed by atoms with Gasteiger partial charge in [-0.1, -0.05) is 6.07 Å². The molecule has 0 fully saturated rings. The van der Waals surface area contributed by atoms with Crippen LogP contribution >= 0.6 is 11.6 Å². The normalized spacial score (nSPS) is 11.2. The highest BCUT2D eigenvalue weighted by Gasteiger charge is 2.30. The van der Waals surface area contributed by atoms with Crippen LogP contribution in [0.2, 0.25) is 0 Å². The molecule has 3 nitrogen and oxygen atoms in total. The van der Waals surface area contributed by atoms with Crippen LogP contribution in [0.25, 0.3) is 0 Å². The minimum atomic E-state index is -4.40. The molecule has 0 spiro atoms. The Balaban J connectivity index is 2.20. The average molecular weight is 301 g/mol. The Kier molecular flexibility index (Phi) is 3.94. The maximum Gasteiger partial charge on any atom is 0.416 e. The van der Waals surface area contributed by atoms with Gasteiger partial charge in [0.2, 0.25) is 0 Å². The summed E-state index contributed by atoms with van der Waals surface area (Å²) in [6.07, 6.45) is -3.08. The fraction of sp³-hybridized carbons (Fsp3) is 0.0769. The van der Waals surface area contributed by atoms with Crippen molar-refractivity contribution in [2.75, 3.05) is 5.32 Å². The molecule has 0 aliphatic heterocycles. The smallest absolute Gasteiger partial charge is 0.354 e. The van der Waals surface area contributed by atoms with E-state index >= 15 is 0 Å². The number of pyridine rings is 1. The molecule has 0 amide bonds. The van der Waals surface area contributed by atoms with Gasteiger partial charge in [-0.15, -0.1) is 0 Å². The van der Waals surface area contributed by atoms with Crippen molar-refractivity contribution in [3.05, 3.63) is 53.9 Å². The second-order valence-electron chi connectivity index (χ2n) is 3.91. The number of halogens is 4. The maximum atomic E-state index is 12.6. The Bertz CT molecular complexity index is 626. The first-order chi connectivity index (χ1) is 9.36. The van der Waals surface area contributed by atoms with Crippen molar-refractivity contribution >= 4 is 28.2 Å². The SMILES string of the molecule is O=C(Cl)c1ccc(Nc2cccc(C(F)(F)F)c2)cn1. The summed E-state index contributed by atoms with van der Waals surface area (Å²) in [5.41, 5.74) is 0.0434. The number of nitrogens with zero attached hydrogens (tertiary/aromatic N) is 1. The van der Waals surface area contributed by atoms with Crippen LogP contribution in [0.1, 0.15) is 16.1 Å². The number of alkyl halides is 3. The van der Waals surface area contributed by atoms with Gasteiger partial charge in [0, 0.05) is 5.69 Å². The van der Waals surface area contributed by atoms with Gasteiger partial charge in [0.15, 0.2) is 0 Å². The number of hydrogen-bond donors (Lipinski definition) is 1. The van der Waals surface area contributed by atoms with Gasteiger partial charge in [0.25, 0.3) is 5.24 Å². The minimum Gasteiger partial charge on any atom is -0.354 e. The van der Waals surface area contributed by atoms with Gasteiger partial charge in [0.1, 0.15) is 5.69 Å². The number of hydrogen-bond acceptors (Lipinski definition) is 3. The molecule has 104 valence electrons. The molecule has 0 bridgehead atoms. The number of rotatable bonds is 3. The van der Waals surface area contributed by atoms with Crippen molar-refractivity contribution in [1.29, 1.82) is 0 Å². The van der Waals surface area contributed by atoms with E-state index < -0.39 is 17.0 Å². The van der Waals surface area contributed by atoms with Crippen molar-refractivity contribution in [3.63, 3.8) is 0 Å². The fourth-order valence-electron chi connectivity index (χ4n) is 1.52. The van der Waals surface area contributed by atoms with Crippen LogP contribution in [0.4, 0.5) is 24.5 Å². The number of anilines is 2. The lowest BCUT2D eigenvalue weighted by molar-refractivity contribution is -0.137. The lowest BCUT2D eigenvalue weighted by atomic mass is 10.2. The monoisotopic (exact) mass is 300 g/mol. The number of carbonyl (C=O) groups excluding carboxylic acids is 1. The third-order valence-electron chi connectivity index (χ3n) is 2.44. The summed E-state index contributed by atoms with van der Waals surface area (Å²) in [5, 5.41) is 2.07. The van der Waals surface area contributed by atoms with Crippen molar-refractivity contribution < 1.29 is 18.0 Å². The van der Waals surface area contributed by atoms with Gasteiger partial charge in [-0.05, 0) is 41.9 Å². The third-order valence-corrected chi connectivity index (χ3v) is 2.64. The van der Waals surface area contributed by atoms with Crippen LogP contribution in [0.3, 0.4) is 0 Å². The molecule has 7 heteroatoms. The van der Waals surface area contributed by atoms with E-state index in [-0.39, 0.29) is 11.4 Å². The highest BCUT2D eigenvalue weighted by atomic mass is 35.5. The summed E-state index contributed by atoms with van der Waals surface area (Å²) in [6.45, 7) is 0. The van der Waals surface area contributed by atoms with E-state index in [1.807, 2.05) is 0 Å². The summed E-state index contributed by atoms with van der Waals surface area (Å²) in [4.78, 5) is 14.6. The van der Waals surface area contributed by atoms with E-state index in [1.165, 1.54) is 30.5 Å². The van der Waals surface area contributed by atoms with Gasteiger partial charge in [-0.3, -0.25) is 4.79 Å². The molecule has 2 rings (SSSR count). The molecule has 1 heterocycles. The zero-order valence-electron chi connectivity index (χ0n) is 9.91. The van der Waals surface area contributed by atoms with Crippen LogP contribution in [0, 0.1) is 0 Å². The first kappa shape index (κ1) is 14.3. The topological polar surface area (TPSA) is 42.0 Å². The third kappa shape index (κ3) is 3.48. The summed E-state index contributed by atoms with van der Waals surface area (Å²) in [5.74, 6) is 0. The molecule has 0 aliphatic carbocycles. The molecule has 0 aliphatic rings. The largest absolute Gasteiger partial charge is 0.416 e. The second-order valence-corrected chi connectivity index (χ2v) is 4.25. The standard InChI is InChI=1S/C13H8ClF3N2O/c14-12(20)11-5-4-10(7-18-11)19-9-3-1-2-8(6-9)13(15,16)17/h1-7,19H. The summed E-state index contributed by atoms with van der Waals surface area (Å²) < 4.78 is 37.7. The number of carbonyl (C=O) groups is 1. The minimum absolute atomic E-state index is 0.0706. The Morgan fingerprint density at radius 3 is 2.45 bits per heavy atom. The van der Waals surface area contributed by atoms with Crippen LogP contribution < -0.4 is 5.32 Å². The molecule has 0 saturated heterocycles. The molecule has 0 radical (unpaired) electrons. The van der Waals surface area contributed by atoms with Gasteiger partial charge in [-0.25, -0.2) is 4.98 Å². The Labute approximate surface area is 117 Å². The highest BCUT2D eigenvalue weighted by molar-refractivity contribution is 6.67. The molecule has 1 aromatic carbocycles. The molecular weight excluding hydrogens is 293 g/mol. The maximum absolute atomic E-state index is 12.6. The Morgan fingerprint density at radius 1 is 1.15 bits per heavy atom. The van der Waals surface area contributed by atoms with Crippen LogP contribution in [-0.4, -0.2) is 10.2 Å². The molecular formula is C13H8ClF3N2O. The summed E-state index contributed by atoms with van der Waals surface area (Å²) in [6, 6.07) is 7.65. The quantitative estimate of drug-likeness (QED) is 0.863. The Morgan fingerprint density at radius 2 is 1.90 bits per heavy atom. The van der Waals surface area contributed by atoms with Crippen LogP contribution in [0.15, 0.2) is 42.6 Å². The highest BCUT2D eigenvalue weighted by Crippen LogP contribution is 2.31. The zero-order chi connectivity index (χ0) is 14.8. The van der Waals surface area contributed by atoms with Gasteiger partial charge in [0.05, 0.1) is 17.4 Å². The molecule has 0 saturated carbocycles. The lowest BCUT2D eigenvalue weighted by Crippen LogP contribution is -2.05. The van der Waals surface area contributed by atoms with Crippen molar-refractivity contribution in [2.45, 2.75) is 6.18 Å². The van der Waals surface area contributed by atoms with Crippen LogP contribution in [0.5, 0.6) is 0 Å². The number of benzene rings is 1. The molecule has 2 aromatic rings. The zero-order valence-corrected chi connectivity index (χ0v) is 10.7. The molecule has 0 unspecified atom stereocenters. The fourth-order valence-corrected chi connectivity index (χ4v) is 1.64. The van der Waals surface area contributed by atoms with E-state index in [2.05, 4.69) is 10.3 Å².